The van der Waals surface area contributed by atoms with Gasteiger partial charge in [0, 0.05) is 44.1 Å². The molecule has 1 unspecified atom stereocenters. The van der Waals surface area contributed by atoms with E-state index in [9.17, 15) is 8.42 Å². The largest absolute Gasteiger partial charge is 0.376 e. The third-order valence-electron chi connectivity index (χ3n) is 5.84. The molecule has 11 nitrogen and oxygen atoms in total. The molecule has 4 heterocycles. The Balaban J connectivity index is 1.65. The zero-order valence-electron chi connectivity index (χ0n) is 19.8. The third kappa shape index (κ3) is 5.95. The Hall–Kier alpha value is -2.67. The summed E-state index contributed by atoms with van der Waals surface area (Å²) in [5.74, 6) is 0.804. The zero-order chi connectivity index (χ0) is 25.0. The number of hydrogen-bond acceptors (Lipinski definition) is 9. The number of rotatable bonds is 9. The minimum Gasteiger partial charge on any atom is -0.376 e. The van der Waals surface area contributed by atoms with Crippen LogP contribution in [0.1, 0.15) is 43.7 Å². The molecular formula is C22H28ClN7O4S. The Kier molecular flexibility index (Phi) is 7.95. The molecule has 3 aromatic rings. The van der Waals surface area contributed by atoms with E-state index in [-0.39, 0.29) is 17.9 Å². The van der Waals surface area contributed by atoms with Crippen LogP contribution in [0.5, 0.6) is 0 Å². The van der Waals surface area contributed by atoms with Gasteiger partial charge in [0.25, 0.3) is 0 Å². The van der Waals surface area contributed by atoms with Crippen LogP contribution in [0.4, 0.5) is 5.95 Å². The molecule has 0 amide bonds. The standard InChI is InChI=1S/C22H28ClN7O4S/c1-14-8-16(10-24-9-14)21-27-28-22(30(21)13-18-6-4-5-7-34-18)29-35(31,32)15(2)19(33-3)20-25-11-17(23)12-26-20/h8-12,15,18-19H,4-7,13H2,1-3H3,(H,28,29)/t15-,18?,19-/m0/s1. The molecule has 0 spiro atoms. The van der Waals surface area contributed by atoms with E-state index >= 15 is 0 Å². The normalized spacial score (nSPS) is 18.2. The van der Waals surface area contributed by atoms with Crippen molar-refractivity contribution in [2.24, 2.45) is 0 Å². The molecule has 1 N–H and O–H groups in total. The fourth-order valence-corrected chi connectivity index (χ4v) is 5.20. The van der Waals surface area contributed by atoms with Crippen molar-refractivity contribution < 1.29 is 17.9 Å². The van der Waals surface area contributed by atoms with Crippen molar-refractivity contribution in [3.63, 3.8) is 0 Å². The van der Waals surface area contributed by atoms with Gasteiger partial charge in [-0.3, -0.25) is 14.3 Å². The molecule has 1 aliphatic rings. The number of nitrogens with one attached hydrogen (secondary N) is 1. The molecule has 1 fully saturated rings. The van der Waals surface area contributed by atoms with Gasteiger partial charge in [-0.15, -0.1) is 10.2 Å². The Morgan fingerprint density at radius 3 is 2.66 bits per heavy atom. The number of nitrogens with zero attached hydrogens (tertiary/aromatic N) is 6. The van der Waals surface area contributed by atoms with Crippen molar-refractivity contribution in [1.82, 2.24) is 29.7 Å². The highest BCUT2D eigenvalue weighted by molar-refractivity contribution is 7.93. The fraction of sp³-hybridized carbons (Fsp3) is 0.500. The lowest BCUT2D eigenvalue weighted by molar-refractivity contribution is 0.00651. The molecule has 0 saturated carbocycles. The summed E-state index contributed by atoms with van der Waals surface area (Å²) < 4.78 is 42.5. The molecule has 0 bridgehead atoms. The van der Waals surface area contributed by atoms with Gasteiger partial charge in [-0.2, -0.15) is 0 Å². The van der Waals surface area contributed by atoms with Gasteiger partial charge in [0.2, 0.25) is 16.0 Å². The van der Waals surface area contributed by atoms with E-state index in [1.54, 1.807) is 17.0 Å². The van der Waals surface area contributed by atoms with Gasteiger partial charge < -0.3 is 9.47 Å². The first-order valence-corrected chi connectivity index (χ1v) is 13.2. The van der Waals surface area contributed by atoms with Crippen LogP contribution in [0.3, 0.4) is 0 Å². The number of halogens is 1. The summed E-state index contributed by atoms with van der Waals surface area (Å²) in [4.78, 5) is 12.5. The number of aromatic nitrogens is 6. The summed E-state index contributed by atoms with van der Waals surface area (Å²) in [6, 6.07) is 1.93. The van der Waals surface area contributed by atoms with Crippen molar-refractivity contribution in [2.75, 3.05) is 18.4 Å². The van der Waals surface area contributed by atoms with E-state index in [0.29, 0.717) is 24.0 Å². The molecule has 0 aliphatic carbocycles. The summed E-state index contributed by atoms with van der Waals surface area (Å²) in [7, 11) is -2.59. The number of methoxy groups -OCH3 is 1. The Morgan fingerprint density at radius 2 is 2.00 bits per heavy atom. The molecule has 0 aromatic carbocycles. The Morgan fingerprint density at radius 1 is 1.23 bits per heavy atom. The minimum absolute atomic E-state index is 0.0777. The van der Waals surface area contributed by atoms with E-state index in [1.165, 1.54) is 26.4 Å². The maximum atomic E-state index is 13.4. The summed E-state index contributed by atoms with van der Waals surface area (Å²) in [6.07, 6.45) is 8.12. The van der Waals surface area contributed by atoms with Crippen LogP contribution in [0, 0.1) is 6.92 Å². The highest BCUT2D eigenvalue weighted by Crippen LogP contribution is 2.28. The predicted octanol–water partition coefficient (Wildman–Crippen LogP) is 3.18. The van der Waals surface area contributed by atoms with Crippen LogP contribution in [-0.2, 0) is 26.0 Å². The number of pyridine rings is 1. The summed E-state index contributed by atoms with van der Waals surface area (Å²) in [6.45, 7) is 4.51. The molecule has 188 valence electrons. The van der Waals surface area contributed by atoms with Crippen molar-refractivity contribution in [3.05, 3.63) is 47.3 Å². The lowest BCUT2D eigenvalue weighted by Crippen LogP contribution is -2.34. The van der Waals surface area contributed by atoms with Crippen LogP contribution < -0.4 is 4.72 Å². The van der Waals surface area contributed by atoms with Crippen LogP contribution in [0.15, 0.2) is 30.9 Å². The number of ether oxygens (including phenoxy) is 2. The van der Waals surface area contributed by atoms with Crippen LogP contribution in [-0.4, -0.2) is 63.2 Å². The highest BCUT2D eigenvalue weighted by atomic mass is 35.5. The van der Waals surface area contributed by atoms with Crippen LogP contribution in [0.2, 0.25) is 5.02 Å². The Labute approximate surface area is 209 Å². The smallest absolute Gasteiger partial charge is 0.240 e. The van der Waals surface area contributed by atoms with Gasteiger partial charge in [-0.05, 0) is 44.7 Å². The molecule has 3 atom stereocenters. The minimum atomic E-state index is -3.99. The van der Waals surface area contributed by atoms with Gasteiger partial charge in [-0.25, -0.2) is 18.4 Å². The second-order valence-electron chi connectivity index (χ2n) is 8.47. The number of anilines is 1. The molecule has 13 heteroatoms. The SMILES string of the molecule is CO[C@H](c1ncc(Cl)cn1)[C@H](C)S(=O)(=O)Nc1nnc(-c2cncc(C)c2)n1CC1CCCCO1. The van der Waals surface area contributed by atoms with Crippen molar-refractivity contribution in [1.29, 1.82) is 0 Å². The van der Waals surface area contributed by atoms with Gasteiger partial charge in [0.1, 0.15) is 11.4 Å². The van der Waals surface area contributed by atoms with E-state index in [0.717, 1.165) is 30.4 Å². The third-order valence-corrected chi connectivity index (χ3v) is 7.73. The van der Waals surface area contributed by atoms with Crippen LogP contribution in [0.25, 0.3) is 11.4 Å². The lowest BCUT2D eigenvalue weighted by atomic mass is 10.1. The molecule has 4 rings (SSSR count). The number of aryl methyl sites for hydroxylation is 1. The summed E-state index contributed by atoms with van der Waals surface area (Å²) in [5.41, 5.74) is 1.68. The second kappa shape index (κ2) is 10.9. The van der Waals surface area contributed by atoms with Gasteiger partial charge in [-0.1, -0.05) is 11.6 Å². The van der Waals surface area contributed by atoms with Gasteiger partial charge >= 0.3 is 0 Å². The maximum Gasteiger partial charge on any atom is 0.240 e. The highest BCUT2D eigenvalue weighted by Gasteiger charge is 2.34. The second-order valence-corrected chi connectivity index (χ2v) is 10.9. The molecule has 1 saturated heterocycles. The first-order chi connectivity index (χ1) is 16.8. The number of hydrogen-bond donors (Lipinski definition) is 1. The predicted molar refractivity (Wildman–Crippen MR) is 130 cm³/mol. The molecule has 35 heavy (non-hydrogen) atoms. The van der Waals surface area contributed by atoms with E-state index in [4.69, 9.17) is 21.1 Å². The monoisotopic (exact) mass is 521 g/mol. The van der Waals surface area contributed by atoms with Gasteiger partial charge in [0.15, 0.2) is 11.6 Å². The fourth-order valence-electron chi connectivity index (χ4n) is 3.96. The van der Waals surface area contributed by atoms with Crippen molar-refractivity contribution >= 4 is 27.6 Å². The Bertz CT molecular complexity index is 1250. The summed E-state index contributed by atoms with van der Waals surface area (Å²) >= 11 is 5.87. The average molecular weight is 522 g/mol. The van der Waals surface area contributed by atoms with E-state index in [1.807, 2.05) is 13.0 Å². The van der Waals surface area contributed by atoms with E-state index in [2.05, 4.69) is 29.9 Å². The zero-order valence-corrected chi connectivity index (χ0v) is 21.3. The number of sulfonamides is 1. The first-order valence-electron chi connectivity index (χ1n) is 11.3. The average Bonchev–Trinajstić information content (AvgIpc) is 3.22. The van der Waals surface area contributed by atoms with E-state index < -0.39 is 21.4 Å². The summed E-state index contributed by atoms with van der Waals surface area (Å²) in [5, 5.41) is 7.76. The molecular weight excluding hydrogens is 494 g/mol. The van der Waals surface area contributed by atoms with Crippen LogP contribution >= 0.6 is 11.6 Å². The molecule has 3 aromatic heterocycles. The molecule has 0 radical (unpaired) electrons. The lowest BCUT2D eigenvalue weighted by Gasteiger charge is -2.25. The van der Waals surface area contributed by atoms with Crippen molar-refractivity contribution in [3.8, 4) is 11.4 Å². The van der Waals surface area contributed by atoms with Gasteiger partial charge in [0.05, 0.1) is 17.7 Å². The topological polar surface area (TPSA) is 134 Å². The maximum absolute atomic E-state index is 13.4. The van der Waals surface area contributed by atoms with Crippen molar-refractivity contribution in [2.45, 2.75) is 57.1 Å². The molecule has 1 aliphatic heterocycles. The quantitative estimate of drug-likeness (QED) is 0.450. The first kappa shape index (κ1) is 25.4.